The molecule has 15 heavy (non-hydrogen) atoms. The van der Waals surface area contributed by atoms with Crippen molar-refractivity contribution in [1.29, 1.82) is 0 Å². The highest BCUT2D eigenvalue weighted by atomic mass is 16.5. The second-order valence-corrected chi connectivity index (χ2v) is 5.03. The van der Waals surface area contributed by atoms with Crippen molar-refractivity contribution in [3.63, 3.8) is 0 Å². The van der Waals surface area contributed by atoms with Gasteiger partial charge in [-0.1, -0.05) is 0 Å². The molecule has 0 amide bonds. The van der Waals surface area contributed by atoms with Crippen LogP contribution in [0.4, 0.5) is 0 Å². The zero-order valence-electron chi connectivity index (χ0n) is 9.82. The summed E-state index contributed by atoms with van der Waals surface area (Å²) in [6.45, 7) is 6.92. The lowest BCUT2D eigenvalue weighted by molar-refractivity contribution is -0.147. The third-order valence-corrected chi connectivity index (χ3v) is 2.97. The van der Waals surface area contributed by atoms with Crippen LogP contribution < -0.4 is 0 Å². The Bertz CT molecular complexity index is 228. The van der Waals surface area contributed by atoms with Crippen molar-refractivity contribution in [2.75, 3.05) is 33.4 Å². The van der Waals surface area contributed by atoms with Crippen molar-refractivity contribution < 1.29 is 14.6 Å². The van der Waals surface area contributed by atoms with Crippen LogP contribution in [0.5, 0.6) is 0 Å². The first-order valence-electron chi connectivity index (χ1n) is 5.40. The number of hydrogen-bond acceptors (Lipinski definition) is 3. The zero-order valence-corrected chi connectivity index (χ0v) is 9.82. The van der Waals surface area contributed by atoms with Gasteiger partial charge in [0, 0.05) is 20.2 Å². The molecule has 0 aliphatic carbocycles. The number of rotatable bonds is 5. The maximum absolute atomic E-state index is 11.0. The molecule has 1 rings (SSSR count). The van der Waals surface area contributed by atoms with E-state index in [0.29, 0.717) is 12.5 Å². The molecule has 4 heteroatoms. The summed E-state index contributed by atoms with van der Waals surface area (Å²) in [6, 6.07) is 0. The predicted molar refractivity (Wildman–Crippen MR) is 57.8 cm³/mol. The van der Waals surface area contributed by atoms with Crippen molar-refractivity contribution in [2.45, 2.75) is 20.3 Å². The van der Waals surface area contributed by atoms with Crippen molar-refractivity contribution in [1.82, 2.24) is 4.90 Å². The van der Waals surface area contributed by atoms with Crippen LogP contribution in [0.3, 0.4) is 0 Å². The Morgan fingerprint density at radius 3 is 2.80 bits per heavy atom. The Balaban J connectivity index is 2.38. The number of ether oxygens (including phenoxy) is 1. The number of hydrogen-bond donors (Lipinski definition) is 1. The molecule has 0 aromatic heterocycles. The highest BCUT2D eigenvalue weighted by Gasteiger charge is 2.32. The number of methoxy groups -OCH3 is 1. The molecule has 1 atom stereocenters. The molecule has 1 unspecified atom stereocenters. The number of carboxylic acid groups (broad SMARTS) is 1. The molecule has 0 saturated carbocycles. The minimum atomic E-state index is -0.724. The molecule has 1 aliphatic heterocycles. The van der Waals surface area contributed by atoms with Crippen LogP contribution in [0.1, 0.15) is 20.3 Å². The van der Waals surface area contributed by atoms with Gasteiger partial charge in [0.05, 0.1) is 12.0 Å². The molecule has 1 aliphatic rings. The molecule has 1 N–H and O–H groups in total. The molecule has 1 fully saturated rings. The summed E-state index contributed by atoms with van der Waals surface area (Å²) < 4.78 is 5.11. The Kier molecular flexibility index (Phi) is 4.11. The van der Waals surface area contributed by atoms with Gasteiger partial charge < -0.3 is 14.7 Å². The Hall–Kier alpha value is -0.610. The predicted octanol–water partition coefficient (Wildman–Crippen LogP) is 1.07. The zero-order chi connectivity index (χ0) is 11.5. The quantitative estimate of drug-likeness (QED) is 0.745. The van der Waals surface area contributed by atoms with Gasteiger partial charge in [0.25, 0.3) is 0 Å². The lowest BCUT2D eigenvalue weighted by Crippen LogP contribution is -2.38. The van der Waals surface area contributed by atoms with E-state index in [1.54, 1.807) is 21.0 Å². The SMILES string of the molecule is COCC1CCN(CC(C)(C)C(=O)O)C1. The standard InChI is InChI=1S/C11H21NO3/c1-11(2,10(13)14)8-12-5-4-9(6-12)7-15-3/h9H,4-8H2,1-3H3,(H,13,14). The van der Waals surface area contributed by atoms with Crippen molar-refractivity contribution in [3.8, 4) is 0 Å². The van der Waals surface area contributed by atoms with Crippen LogP contribution in [0.2, 0.25) is 0 Å². The van der Waals surface area contributed by atoms with Gasteiger partial charge in [-0.25, -0.2) is 0 Å². The third-order valence-electron chi connectivity index (χ3n) is 2.97. The normalized spacial score (nSPS) is 23.3. The molecule has 0 aromatic rings. The van der Waals surface area contributed by atoms with E-state index in [4.69, 9.17) is 9.84 Å². The molecule has 1 heterocycles. The van der Waals surface area contributed by atoms with Crippen LogP contribution >= 0.6 is 0 Å². The fourth-order valence-electron chi connectivity index (χ4n) is 2.05. The molecule has 4 nitrogen and oxygen atoms in total. The first kappa shape index (κ1) is 12.5. The number of carbonyl (C=O) groups is 1. The van der Waals surface area contributed by atoms with Crippen LogP contribution in [0.15, 0.2) is 0 Å². The Labute approximate surface area is 91.2 Å². The summed E-state index contributed by atoms with van der Waals surface area (Å²) in [5.41, 5.74) is -0.651. The van der Waals surface area contributed by atoms with E-state index >= 15 is 0 Å². The number of aliphatic carboxylic acids is 1. The summed E-state index contributed by atoms with van der Waals surface area (Å²) in [4.78, 5) is 13.2. The first-order chi connectivity index (χ1) is 6.95. The maximum Gasteiger partial charge on any atom is 0.310 e. The van der Waals surface area contributed by atoms with Gasteiger partial charge in [-0.3, -0.25) is 4.79 Å². The molecule has 0 aromatic carbocycles. The average molecular weight is 215 g/mol. The molecule has 1 saturated heterocycles. The number of likely N-dealkylation sites (tertiary alicyclic amines) is 1. The van der Waals surface area contributed by atoms with Gasteiger partial charge in [-0.15, -0.1) is 0 Å². The van der Waals surface area contributed by atoms with E-state index in [2.05, 4.69) is 4.90 Å². The number of carboxylic acids is 1. The van der Waals surface area contributed by atoms with Crippen molar-refractivity contribution in [3.05, 3.63) is 0 Å². The smallest absolute Gasteiger partial charge is 0.310 e. The van der Waals surface area contributed by atoms with Crippen molar-refractivity contribution in [2.24, 2.45) is 11.3 Å². The molecule has 0 bridgehead atoms. The Morgan fingerprint density at radius 1 is 1.60 bits per heavy atom. The summed E-state index contributed by atoms with van der Waals surface area (Å²) in [7, 11) is 1.71. The van der Waals surface area contributed by atoms with Crippen LogP contribution in [-0.2, 0) is 9.53 Å². The van der Waals surface area contributed by atoms with E-state index in [9.17, 15) is 4.79 Å². The highest BCUT2D eigenvalue weighted by molar-refractivity contribution is 5.73. The fraction of sp³-hybridized carbons (Fsp3) is 0.909. The maximum atomic E-state index is 11.0. The van der Waals surface area contributed by atoms with Gasteiger partial charge in [-0.05, 0) is 32.7 Å². The molecule has 0 radical (unpaired) electrons. The largest absolute Gasteiger partial charge is 0.481 e. The third kappa shape index (κ3) is 3.47. The van der Waals surface area contributed by atoms with E-state index in [-0.39, 0.29) is 0 Å². The first-order valence-corrected chi connectivity index (χ1v) is 5.40. The monoisotopic (exact) mass is 215 g/mol. The van der Waals surface area contributed by atoms with Gasteiger partial charge in [0.2, 0.25) is 0 Å². The highest BCUT2D eigenvalue weighted by Crippen LogP contribution is 2.23. The van der Waals surface area contributed by atoms with Gasteiger partial charge >= 0.3 is 5.97 Å². The molecular weight excluding hydrogens is 194 g/mol. The summed E-state index contributed by atoms with van der Waals surface area (Å²) in [5, 5.41) is 9.02. The van der Waals surface area contributed by atoms with Crippen molar-refractivity contribution >= 4 is 5.97 Å². The molecular formula is C11H21NO3. The minimum Gasteiger partial charge on any atom is -0.481 e. The topological polar surface area (TPSA) is 49.8 Å². The summed E-state index contributed by atoms with van der Waals surface area (Å²) in [6.07, 6.45) is 1.11. The lowest BCUT2D eigenvalue weighted by atomic mass is 9.93. The van der Waals surface area contributed by atoms with Gasteiger partial charge in [0.15, 0.2) is 0 Å². The van der Waals surface area contributed by atoms with Crippen LogP contribution in [0.25, 0.3) is 0 Å². The molecule has 0 spiro atoms. The van der Waals surface area contributed by atoms with Gasteiger partial charge in [-0.2, -0.15) is 0 Å². The second kappa shape index (κ2) is 4.94. The average Bonchev–Trinajstić information content (AvgIpc) is 2.52. The van der Waals surface area contributed by atoms with Gasteiger partial charge in [0.1, 0.15) is 0 Å². The molecule has 88 valence electrons. The summed E-state index contributed by atoms with van der Waals surface area (Å²) >= 11 is 0. The Morgan fingerprint density at radius 2 is 2.27 bits per heavy atom. The summed E-state index contributed by atoms with van der Waals surface area (Å²) in [5.74, 6) is -0.155. The van der Waals surface area contributed by atoms with E-state index in [1.165, 1.54) is 0 Å². The lowest BCUT2D eigenvalue weighted by Gasteiger charge is -2.26. The van der Waals surface area contributed by atoms with E-state index < -0.39 is 11.4 Å². The second-order valence-electron chi connectivity index (χ2n) is 5.03. The van der Waals surface area contributed by atoms with E-state index in [1.807, 2.05) is 0 Å². The number of nitrogens with zero attached hydrogens (tertiary/aromatic N) is 1. The van der Waals surface area contributed by atoms with Crippen LogP contribution in [-0.4, -0.2) is 49.3 Å². The fourth-order valence-corrected chi connectivity index (χ4v) is 2.05. The minimum absolute atomic E-state index is 0.569. The van der Waals surface area contributed by atoms with E-state index in [0.717, 1.165) is 26.1 Å². The van der Waals surface area contributed by atoms with Crippen LogP contribution in [0, 0.1) is 11.3 Å².